The van der Waals surface area contributed by atoms with E-state index in [1.54, 1.807) is 6.20 Å². The van der Waals surface area contributed by atoms with Crippen LogP contribution in [0.5, 0.6) is 0 Å². The molecule has 1 rings (SSSR count). The molecule has 9 heavy (non-hydrogen) atoms. The molecule has 0 amide bonds. The van der Waals surface area contributed by atoms with Crippen LogP contribution >= 0.6 is 11.3 Å². The van der Waals surface area contributed by atoms with Crippen molar-refractivity contribution in [3.8, 4) is 24.7 Å². The third-order valence-corrected chi connectivity index (χ3v) is 1.63. The molecule has 0 N–H and O–H groups in total. The van der Waals surface area contributed by atoms with Crippen molar-refractivity contribution in [3.05, 3.63) is 16.1 Å². The van der Waals surface area contributed by atoms with Crippen LogP contribution < -0.4 is 0 Å². The molecule has 1 nitrogen and oxygen atoms in total. The van der Waals surface area contributed by atoms with Gasteiger partial charge in [0, 0.05) is 0 Å². The summed E-state index contributed by atoms with van der Waals surface area (Å²) in [6.07, 6.45) is 11.7. The molecule has 1 aromatic rings. The molecule has 0 bridgehead atoms. The maximum Gasteiger partial charge on any atom is 0.167 e. The zero-order valence-electron chi connectivity index (χ0n) is 4.59. The molecule has 1 aromatic heterocycles. The fraction of sp³-hybridized carbons (Fsp3) is 0. The molecule has 0 unspecified atom stereocenters. The molecule has 0 atom stereocenters. The monoisotopic (exact) mass is 133 g/mol. The van der Waals surface area contributed by atoms with E-state index in [0.717, 1.165) is 4.88 Å². The van der Waals surface area contributed by atoms with Gasteiger partial charge in [-0.3, -0.25) is 0 Å². The number of hydrogen-bond acceptors (Lipinski definition) is 2. The van der Waals surface area contributed by atoms with Gasteiger partial charge in [0.1, 0.15) is 0 Å². The minimum Gasteiger partial charge on any atom is -0.235 e. The van der Waals surface area contributed by atoms with Gasteiger partial charge in [-0.1, -0.05) is 17.3 Å². The molecule has 0 aliphatic heterocycles. The van der Waals surface area contributed by atoms with E-state index in [1.165, 1.54) is 11.3 Å². The van der Waals surface area contributed by atoms with Gasteiger partial charge in [0.05, 0.1) is 11.1 Å². The molecule has 1 heterocycles. The van der Waals surface area contributed by atoms with Crippen LogP contribution in [0.2, 0.25) is 0 Å². The highest BCUT2D eigenvalue weighted by molar-refractivity contribution is 7.12. The van der Waals surface area contributed by atoms with Gasteiger partial charge in [-0.2, -0.15) is 0 Å². The van der Waals surface area contributed by atoms with Crippen LogP contribution in [0.15, 0.2) is 6.20 Å². The quantitative estimate of drug-likeness (QED) is 0.483. The molecule has 0 radical (unpaired) electrons. The van der Waals surface area contributed by atoms with Gasteiger partial charge in [0.15, 0.2) is 5.01 Å². The minimum absolute atomic E-state index is 0.642. The molecule has 0 aliphatic carbocycles. The lowest BCUT2D eigenvalue weighted by Crippen LogP contribution is -1.61. The van der Waals surface area contributed by atoms with Crippen molar-refractivity contribution in [2.75, 3.05) is 0 Å². The van der Waals surface area contributed by atoms with Gasteiger partial charge in [0.2, 0.25) is 0 Å². The molecule has 2 heteroatoms. The Balaban J connectivity index is 3.08. The Morgan fingerprint density at radius 3 is 2.56 bits per heavy atom. The molecule has 0 fully saturated rings. The van der Waals surface area contributed by atoms with Gasteiger partial charge < -0.3 is 0 Å². The lowest BCUT2D eigenvalue weighted by atomic mass is 10.6. The first kappa shape index (κ1) is 5.88. The average molecular weight is 133 g/mol. The predicted octanol–water partition coefficient (Wildman–Crippen LogP) is 1.11. The molecule has 0 spiro atoms. The highest BCUT2D eigenvalue weighted by Gasteiger charge is 1.92. The van der Waals surface area contributed by atoms with Crippen LogP contribution in [-0.4, -0.2) is 4.98 Å². The number of rotatable bonds is 0. The second kappa shape index (κ2) is 2.35. The van der Waals surface area contributed by atoms with Crippen molar-refractivity contribution in [3.63, 3.8) is 0 Å². The molecule has 42 valence electrons. The van der Waals surface area contributed by atoms with E-state index in [1.807, 2.05) is 0 Å². The average Bonchev–Trinajstić information content (AvgIpc) is 2.34. The van der Waals surface area contributed by atoms with E-state index in [0.29, 0.717) is 5.01 Å². The van der Waals surface area contributed by atoms with Crippen molar-refractivity contribution < 1.29 is 0 Å². The Hall–Kier alpha value is -1.25. The minimum atomic E-state index is 0.642. The van der Waals surface area contributed by atoms with Crippen LogP contribution in [-0.2, 0) is 0 Å². The fourth-order valence-corrected chi connectivity index (χ4v) is 0.945. The molecule has 0 saturated heterocycles. The van der Waals surface area contributed by atoms with Crippen LogP contribution in [0.3, 0.4) is 0 Å². The SMILES string of the molecule is C#Cc1cnc(C#C)s1. The van der Waals surface area contributed by atoms with E-state index in [4.69, 9.17) is 12.8 Å². The summed E-state index contributed by atoms with van der Waals surface area (Å²) in [7, 11) is 0. The molecule has 0 aromatic carbocycles. The Morgan fingerprint density at radius 1 is 1.44 bits per heavy atom. The third kappa shape index (κ3) is 1.10. The van der Waals surface area contributed by atoms with Crippen molar-refractivity contribution in [1.82, 2.24) is 4.98 Å². The van der Waals surface area contributed by atoms with Gasteiger partial charge in [-0.15, -0.1) is 12.8 Å². The number of aromatic nitrogens is 1. The number of hydrogen-bond donors (Lipinski definition) is 0. The van der Waals surface area contributed by atoms with E-state index >= 15 is 0 Å². The van der Waals surface area contributed by atoms with Crippen LogP contribution in [0.4, 0.5) is 0 Å². The lowest BCUT2D eigenvalue weighted by Gasteiger charge is -1.69. The Bertz CT molecular complexity index is 256. The van der Waals surface area contributed by atoms with E-state index < -0.39 is 0 Å². The molecule has 0 aliphatic rings. The van der Waals surface area contributed by atoms with Gasteiger partial charge in [-0.05, 0) is 5.92 Å². The summed E-state index contributed by atoms with van der Waals surface area (Å²) in [5, 5.41) is 0.642. The molecule has 0 saturated carbocycles. The van der Waals surface area contributed by atoms with Crippen molar-refractivity contribution in [2.24, 2.45) is 0 Å². The topological polar surface area (TPSA) is 12.9 Å². The summed E-state index contributed by atoms with van der Waals surface area (Å²) >= 11 is 1.35. The predicted molar refractivity (Wildman–Crippen MR) is 38.0 cm³/mol. The van der Waals surface area contributed by atoms with E-state index in [9.17, 15) is 0 Å². The molecular formula is C7H3NS. The number of nitrogens with zero attached hydrogens (tertiary/aromatic N) is 1. The highest BCUT2D eigenvalue weighted by atomic mass is 32.1. The summed E-state index contributed by atoms with van der Waals surface area (Å²) in [5.74, 6) is 4.84. The van der Waals surface area contributed by atoms with Crippen LogP contribution in [0, 0.1) is 24.7 Å². The van der Waals surface area contributed by atoms with E-state index in [-0.39, 0.29) is 0 Å². The van der Waals surface area contributed by atoms with Crippen molar-refractivity contribution in [2.45, 2.75) is 0 Å². The maximum absolute atomic E-state index is 5.07. The van der Waals surface area contributed by atoms with Crippen molar-refractivity contribution >= 4 is 11.3 Å². The van der Waals surface area contributed by atoms with Gasteiger partial charge in [0.25, 0.3) is 0 Å². The number of terminal acetylenes is 2. The zero-order valence-corrected chi connectivity index (χ0v) is 5.40. The Morgan fingerprint density at radius 2 is 2.22 bits per heavy atom. The largest absolute Gasteiger partial charge is 0.235 e. The highest BCUT2D eigenvalue weighted by Crippen LogP contribution is 2.08. The van der Waals surface area contributed by atoms with Crippen LogP contribution in [0.1, 0.15) is 9.88 Å². The summed E-state index contributed by atoms with van der Waals surface area (Å²) in [4.78, 5) is 4.63. The van der Waals surface area contributed by atoms with Gasteiger partial charge in [-0.25, -0.2) is 4.98 Å². The van der Waals surface area contributed by atoms with Crippen molar-refractivity contribution in [1.29, 1.82) is 0 Å². The Kier molecular flexibility index (Phi) is 1.53. The zero-order chi connectivity index (χ0) is 6.69. The summed E-state index contributed by atoms with van der Waals surface area (Å²) in [5.41, 5.74) is 0. The second-order valence-electron chi connectivity index (χ2n) is 1.32. The van der Waals surface area contributed by atoms with Gasteiger partial charge >= 0.3 is 0 Å². The summed E-state index contributed by atoms with van der Waals surface area (Å²) < 4.78 is 0. The first-order valence-electron chi connectivity index (χ1n) is 2.26. The first-order valence-corrected chi connectivity index (χ1v) is 3.07. The summed E-state index contributed by atoms with van der Waals surface area (Å²) in [6.45, 7) is 0. The smallest absolute Gasteiger partial charge is 0.167 e. The number of thiazole rings is 1. The second-order valence-corrected chi connectivity index (χ2v) is 2.35. The fourth-order valence-electron chi connectivity index (χ4n) is 0.408. The third-order valence-electron chi connectivity index (χ3n) is 0.771. The lowest BCUT2D eigenvalue weighted by molar-refractivity contribution is 1.38. The van der Waals surface area contributed by atoms with E-state index in [2.05, 4.69) is 16.8 Å². The summed E-state index contributed by atoms with van der Waals surface area (Å²) in [6, 6.07) is 0. The Labute approximate surface area is 57.7 Å². The standard InChI is InChI=1S/C7H3NS/c1-3-6-5-8-7(4-2)9-6/h1-2,5H. The molecular weight excluding hydrogens is 130 g/mol. The maximum atomic E-state index is 5.07. The van der Waals surface area contributed by atoms with Crippen LogP contribution in [0.25, 0.3) is 0 Å². The first-order chi connectivity index (χ1) is 4.36. The normalized spacial score (nSPS) is 7.78.